The van der Waals surface area contributed by atoms with Crippen LogP contribution in [0.1, 0.15) is 23.3 Å². The predicted molar refractivity (Wildman–Crippen MR) is 151 cm³/mol. The quantitative estimate of drug-likeness (QED) is 0.287. The first-order valence-corrected chi connectivity index (χ1v) is 13.7. The molecular weight excluding hydrogens is 543 g/mol. The summed E-state index contributed by atoms with van der Waals surface area (Å²) in [5, 5.41) is 10.4. The highest BCUT2D eigenvalue weighted by Gasteiger charge is 2.28. The van der Waals surface area contributed by atoms with E-state index >= 15 is 0 Å². The highest BCUT2D eigenvalue weighted by atomic mass is 32.1. The molecule has 5 aromatic rings. The van der Waals surface area contributed by atoms with Crippen molar-refractivity contribution < 1.29 is 14.0 Å². The van der Waals surface area contributed by atoms with Gasteiger partial charge in [-0.25, -0.2) is 24.3 Å². The number of imidazole rings is 1. The number of aryl methyl sites for hydroxylation is 1. The number of carbonyl (C=O) groups is 2. The number of ketones is 1. The molecular formula is C29H23FN8O2S. The number of Topliss-reactive ketones (excluding diaryl/α,β-unsaturated/α-hetero) is 1. The summed E-state index contributed by atoms with van der Waals surface area (Å²) in [5.74, 6) is 0.729. The average molecular weight is 567 g/mol. The molecule has 1 amide bonds. The fraction of sp³-hybridized carbons (Fsp3) is 0.207. The second-order valence-electron chi connectivity index (χ2n) is 9.59. The molecule has 4 aromatic heterocycles. The van der Waals surface area contributed by atoms with Crippen molar-refractivity contribution in [3.05, 3.63) is 77.2 Å². The van der Waals surface area contributed by atoms with Gasteiger partial charge in [0.1, 0.15) is 39.7 Å². The average Bonchev–Trinajstić information content (AvgIpc) is 3.57. The number of fused-ring (bicyclic) bond motifs is 1. The number of likely N-dealkylation sites (tertiary alicyclic amines) is 1. The Bertz CT molecular complexity index is 1830. The van der Waals surface area contributed by atoms with E-state index in [-0.39, 0.29) is 37.0 Å². The minimum Gasteiger partial charge on any atom is -0.328 e. The molecule has 0 unspecified atom stereocenters. The minimum absolute atomic E-state index is 0.0430. The summed E-state index contributed by atoms with van der Waals surface area (Å²) in [5.41, 5.74) is 4.39. The van der Waals surface area contributed by atoms with E-state index in [2.05, 4.69) is 16.0 Å². The summed E-state index contributed by atoms with van der Waals surface area (Å²) >= 11 is 1.26. The molecule has 41 heavy (non-hydrogen) atoms. The molecule has 0 radical (unpaired) electrons. The Labute approximate surface area is 238 Å². The zero-order chi connectivity index (χ0) is 28.7. The first-order valence-electron chi connectivity index (χ1n) is 12.9. The monoisotopic (exact) mass is 566 g/mol. The van der Waals surface area contributed by atoms with E-state index in [1.807, 2.05) is 41.6 Å². The summed E-state index contributed by atoms with van der Waals surface area (Å²) in [6, 6.07) is 12.0. The van der Waals surface area contributed by atoms with Gasteiger partial charge in [0.25, 0.3) is 0 Å². The fourth-order valence-corrected chi connectivity index (χ4v) is 5.51. The second-order valence-corrected chi connectivity index (χ2v) is 10.6. The lowest BCUT2D eigenvalue weighted by atomic mass is 10.1. The number of halogens is 1. The van der Waals surface area contributed by atoms with E-state index < -0.39 is 0 Å². The van der Waals surface area contributed by atoms with Crippen LogP contribution in [0.2, 0.25) is 0 Å². The Balaban J connectivity index is 1.32. The maximum absolute atomic E-state index is 13.5. The highest BCUT2D eigenvalue weighted by molar-refractivity contribution is 7.16. The highest BCUT2D eigenvalue weighted by Crippen LogP contribution is 2.37. The number of aromatic nitrogens is 5. The number of hydrogen-bond donors (Lipinski definition) is 0. The van der Waals surface area contributed by atoms with Crippen LogP contribution in [0.25, 0.3) is 28.0 Å². The standard InChI is InChI=1S/C29H23FN8O2S/c1-3-22-28(36(2)29-35-27(23(11-31)41-29)17-4-7-20(30)8-5-17)38-14-18(6-9-25(38)34-22)19-12-32-24(33-13-19)10-26(40)37-15-21(39)16-37/h4-9,12-14H,3,10,15-16H2,1-2H3. The number of amides is 1. The topological polar surface area (TPSA) is 120 Å². The summed E-state index contributed by atoms with van der Waals surface area (Å²) in [6.07, 6.45) is 6.01. The Morgan fingerprint density at radius 2 is 1.78 bits per heavy atom. The number of carbonyl (C=O) groups excluding carboxylic acids is 2. The first kappa shape index (κ1) is 26.2. The zero-order valence-electron chi connectivity index (χ0n) is 22.2. The van der Waals surface area contributed by atoms with Crippen LogP contribution in [0.3, 0.4) is 0 Å². The summed E-state index contributed by atoms with van der Waals surface area (Å²) in [4.78, 5) is 45.6. The van der Waals surface area contributed by atoms with Gasteiger partial charge in [-0.15, -0.1) is 0 Å². The second kappa shape index (κ2) is 10.5. The van der Waals surface area contributed by atoms with Gasteiger partial charge in [-0.2, -0.15) is 5.26 Å². The molecule has 10 nitrogen and oxygen atoms in total. The molecule has 1 saturated heterocycles. The zero-order valence-corrected chi connectivity index (χ0v) is 23.0. The lowest BCUT2D eigenvalue weighted by Gasteiger charge is -2.28. The van der Waals surface area contributed by atoms with Crippen LogP contribution in [0.5, 0.6) is 0 Å². The van der Waals surface area contributed by atoms with Crippen molar-refractivity contribution in [3.63, 3.8) is 0 Å². The molecule has 0 bridgehead atoms. The van der Waals surface area contributed by atoms with Gasteiger partial charge >= 0.3 is 0 Å². The van der Waals surface area contributed by atoms with Crippen molar-refractivity contribution in [3.8, 4) is 28.5 Å². The first-order chi connectivity index (χ1) is 19.8. The molecule has 1 aromatic carbocycles. The van der Waals surface area contributed by atoms with Crippen LogP contribution in [-0.2, 0) is 22.4 Å². The number of nitrogens with zero attached hydrogens (tertiary/aromatic N) is 8. The fourth-order valence-electron chi connectivity index (χ4n) is 4.66. The largest absolute Gasteiger partial charge is 0.328 e. The molecule has 0 saturated carbocycles. The molecule has 0 N–H and O–H groups in total. The van der Waals surface area contributed by atoms with Gasteiger partial charge in [0.05, 0.1) is 25.2 Å². The molecule has 204 valence electrons. The van der Waals surface area contributed by atoms with Crippen LogP contribution in [0, 0.1) is 17.1 Å². The van der Waals surface area contributed by atoms with Crippen LogP contribution < -0.4 is 4.90 Å². The van der Waals surface area contributed by atoms with Gasteiger partial charge in [0.2, 0.25) is 5.91 Å². The molecule has 0 atom stereocenters. The molecule has 6 rings (SSSR count). The van der Waals surface area contributed by atoms with Gasteiger partial charge in [-0.05, 0) is 42.8 Å². The third-order valence-corrected chi connectivity index (χ3v) is 7.91. The lowest BCUT2D eigenvalue weighted by Crippen LogP contribution is -2.51. The van der Waals surface area contributed by atoms with Crippen molar-refractivity contribution in [1.82, 2.24) is 29.2 Å². The number of thiazole rings is 1. The van der Waals surface area contributed by atoms with Crippen LogP contribution in [-0.4, -0.2) is 61.1 Å². The SMILES string of the molecule is CCc1nc2ccc(-c3cnc(CC(=O)N4CC(=O)C4)nc3)cn2c1N(C)c1nc(-c2ccc(F)cc2)c(C#N)s1. The van der Waals surface area contributed by atoms with Crippen LogP contribution in [0.4, 0.5) is 15.3 Å². The van der Waals surface area contributed by atoms with Crippen molar-refractivity contribution in [2.75, 3.05) is 25.0 Å². The maximum Gasteiger partial charge on any atom is 0.231 e. The van der Waals surface area contributed by atoms with Gasteiger partial charge in [0.15, 0.2) is 10.9 Å². The number of nitriles is 1. The van der Waals surface area contributed by atoms with Crippen molar-refractivity contribution >= 4 is 39.6 Å². The van der Waals surface area contributed by atoms with E-state index in [0.717, 1.165) is 28.3 Å². The van der Waals surface area contributed by atoms with Gasteiger partial charge in [-0.1, -0.05) is 18.3 Å². The molecule has 1 fully saturated rings. The summed E-state index contributed by atoms with van der Waals surface area (Å²) < 4.78 is 15.5. The smallest absolute Gasteiger partial charge is 0.231 e. The Hall–Kier alpha value is -5.02. The third kappa shape index (κ3) is 4.92. The molecule has 0 aliphatic carbocycles. The molecule has 0 spiro atoms. The van der Waals surface area contributed by atoms with Crippen molar-refractivity contribution in [2.24, 2.45) is 0 Å². The molecule has 12 heteroatoms. The minimum atomic E-state index is -0.355. The molecule has 1 aliphatic heterocycles. The lowest BCUT2D eigenvalue weighted by molar-refractivity contribution is -0.144. The normalized spacial score (nSPS) is 12.8. The third-order valence-electron chi connectivity index (χ3n) is 6.87. The van der Waals surface area contributed by atoms with Gasteiger partial charge in [0, 0.05) is 42.3 Å². The van der Waals surface area contributed by atoms with E-state index in [9.17, 15) is 19.2 Å². The van der Waals surface area contributed by atoms with Crippen molar-refractivity contribution in [2.45, 2.75) is 19.8 Å². The van der Waals surface area contributed by atoms with E-state index in [4.69, 9.17) is 9.97 Å². The maximum atomic E-state index is 13.5. The number of hydrogen-bond acceptors (Lipinski definition) is 9. The number of rotatable bonds is 7. The van der Waals surface area contributed by atoms with E-state index in [0.29, 0.717) is 33.5 Å². The van der Waals surface area contributed by atoms with Crippen LogP contribution >= 0.6 is 11.3 Å². The Kier molecular flexibility index (Phi) is 6.72. The predicted octanol–water partition coefficient (Wildman–Crippen LogP) is 4.21. The summed E-state index contributed by atoms with van der Waals surface area (Å²) in [7, 11) is 1.88. The Morgan fingerprint density at radius 3 is 2.44 bits per heavy atom. The van der Waals surface area contributed by atoms with Gasteiger partial charge < -0.3 is 9.80 Å². The van der Waals surface area contributed by atoms with Gasteiger partial charge in [-0.3, -0.25) is 14.0 Å². The van der Waals surface area contributed by atoms with Crippen molar-refractivity contribution in [1.29, 1.82) is 5.26 Å². The number of pyridine rings is 1. The number of benzene rings is 1. The Morgan fingerprint density at radius 1 is 1.07 bits per heavy atom. The molecule has 1 aliphatic rings. The summed E-state index contributed by atoms with van der Waals surface area (Å²) in [6.45, 7) is 2.34. The van der Waals surface area contributed by atoms with E-state index in [1.165, 1.54) is 28.4 Å². The van der Waals surface area contributed by atoms with Crippen LogP contribution in [0.15, 0.2) is 55.0 Å². The number of anilines is 2. The molecule has 5 heterocycles. The van der Waals surface area contributed by atoms with E-state index in [1.54, 1.807) is 24.5 Å².